The standard InChI is InChI=1S/C35H23N3/c1-3-10-26(11-4-1)37-31-15-8-7-14-28(31)30-22-24(18-20-32(30)37)25-17-19-29-34(23-25)38(27-12-5-2-6-13-27)33-16-9-21-36-35(29)33/h1-23H. The van der Waals surface area contributed by atoms with Crippen LogP contribution in [0.2, 0.25) is 0 Å². The lowest BCUT2D eigenvalue weighted by atomic mass is 10.0. The van der Waals surface area contributed by atoms with Crippen molar-refractivity contribution >= 4 is 43.7 Å². The van der Waals surface area contributed by atoms with Crippen molar-refractivity contribution in [2.45, 2.75) is 0 Å². The van der Waals surface area contributed by atoms with Crippen LogP contribution in [0.15, 0.2) is 140 Å². The molecule has 0 bridgehead atoms. The molecule has 0 aliphatic carbocycles. The molecule has 3 aromatic heterocycles. The highest BCUT2D eigenvalue weighted by atomic mass is 15.0. The van der Waals surface area contributed by atoms with Gasteiger partial charge in [0.15, 0.2) is 0 Å². The number of benzene rings is 5. The van der Waals surface area contributed by atoms with E-state index in [0.29, 0.717) is 0 Å². The van der Waals surface area contributed by atoms with E-state index in [1.54, 1.807) is 0 Å². The van der Waals surface area contributed by atoms with Crippen molar-refractivity contribution in [3.8, 4) is 22.5 Å². The molecule has 0 aliphatic rings. The summed E-state index contributed by atoms with van der Waals surface area (Å²) in [6.07, 6.45) is 1.88. The lowest BCUT2D eigenvalue weighted by Gasteiger charge is -2.09. The molecule has 3 heteroatoms. The van der Waals surface area contributed by atoms with E-state index >= 15 is 0 Å². The van der Waals surface area contributed by atoms with Gasteiger partial charge in [0.2, 0.25) is 0 Å². The van der Waals surface area contributed by atoms with Crippen LogP contribution in [0.4, 0.5) is 0 Å². The molecular formula is C35H23N3. The molecule has 0 fully saturated rings. The molecule has 0 radical (unpaired) electrons. The number of pyridine rings is 1. The molecule has 8 rings (SSSR count). The largest absolute Gasteiger partial charge is 0.309 e. The Morgan fingerprint density at radius 2 is 1.00 bits per heavy atom. The van der Waals surface area contributed by atoms with Crippen LogP contribution >= 0.6 is 0 Å². The third kappa shape index (κ3) is 3.06. The highest BCUT2D eigenvalue weighted by molar-refractivity contribution is 6.11. The van der Waals surface area contributed by atoms with E-state index in [0.717, 1.165) is 27.6 Å². The Hall–Kier alpha value is -5.15. The van der Waals surface area contributed by atoms with E-state index in [2.05, 4.69) is 137 Å². The Morgan fingerprint density at radius 3 is 1.79 bits per heavy atom. The van der Waals surface area contributed by atoms with E-state index < -0.39 is 0 Å². The average molecular weight is 486 g/mol. The summed E-state index contributed by atoms with van der Waals surface area (Å²) in [7, 11) is 0. The van der Waals surface area contributed by atoms with Crippen molar-refractivity contribution in [1.29, 1.82) is 0 Å². The summed E-state index contributed by atoms with van der Waals surface area (Å²) in [5.41, 5.74) is 10.4. The van der Waals surface area contributed by atoms with Gasteiger partial charge in [0.1, 0.15) is 0 Å². The summed E-state index contributed by atoms with van der Waals surface area (Å²) in [6, 6.07) is 47.6. The number of hydrogen-bond donors (Lipinski definition) is 0. The normalized spacial score (nSPS) is 11.7. The second-order valence-corrected chi connectivity index (χ2v) is 9.69. The Kier molecular flexibility index (Phi) is 4.52. The number of hydrogen-bond acceptors (Lipinski definition) is 1. The number of nitrogens with zero attached hydrogens (tertiary/aromatic N) is 3. The minimum Gasteiger partial charge on any atom is -0.309 e. The quantitative estimate of drug-likeness (QED) is 0.245. The van der Waals surface area contributed by atoms with Crippen molar-refractivity contribution in [3.63, 3.8) is 0 Å². The lowest BCUT2D eigenvalue weighted by molar-refractivity contribution is 1.18. The summed E-state index contributed by atoms with van der Waals surface area (Å²) in [5.74, 6) is 0. The number of para-hydroxylation sites is 3. The van der Waals surface area contributed by atoms with Crippen LogP contribution in [-0.2, 0) is 0 Å². The molecule has 178 valence electrons. The van der Waals surface area contributed by atoms with Crippen LogP contribution in [0.5, 0.6) is 0 Å². The third-order valence-electron chi connectivity index (χ3n) is 7.56. The van der Waals surface area contributed by atoms with Gasteiger partial charge in [-0.3, -0.25) is 4.98 Å². The van der Waals surface area contributed by atoms with Crippen molar-refractivity contribution in [2.24, 2.45) is 0 Å². The molecule has 0 spiro atoms. The molecule has 0 saturated heterocycles. The predicted molar refractivity (Wildman–Crippen MR) is 158 cm³/mol. The van der Waals surface area contributed by atoms with Crippen molar-refractivity contribution < 1.29 is 0 Å². The van der Waals surface area contributed by atoms with Crippen LogP contribution in [0, 0.1) is 0 Å². The zero-order chi connectivity index (χ0) is 25.1. The fraction of sp³-hybridized carbons (Fsp3) is 0. The van der Waals surface area contributed by atoms with E-state index in [9.17, 15) is 0 Å². The minimum atomic E-state index is 1.03. The summed E-state index contributed by atoms with van der Waals surface area (Å²) in [6.45, 7) is 0. The zero-order valence-electron chi connectivity index (χ0n) is 20.6. The SMILES string of the molecule is c1ccc(-n2c3ccccc3c3cc(-c4ccc5c6ncccc6n(-c6ccccc6)c5c4)ccc32)cc1. The minimum absolute atomic E-state index is 1.03. The molecule has 3 nitrogen and oxygen atoms in total. The fourth-order valence-corrected chi connectivity index (χ4v) is 5.87. The number of aromatic nitrogens is 3. The zero-order valence-corrected chi connectivity index (χ0v) is 20.6. The molecule has 5 aromatic carbocycles. The first kappa shape index (κ1) is 21.0. The predicted octanol–water partition coefficient (Wildman–Crippen LogP) is 8.94. The molecule has 0 saturated carbocycles. The summed E-state index contributed by atoms with van der Waals surface area (Å²) in [4.78, 5) is 4.74. The van der Waals surface area contributed by atoms with Gasteiger partial charge in [-0.25, -0.2) is 0 Å². The molecule has 0 unspecified atom stereocenters. The van der Waals surface area contributed by atoms with Gasteiger partial charge in [-0.15, -0.1) is 0 Å². The van der Waals surface area contributed by atoms with Gasteiger partial charge in [0.25, 0.3) is 0 Å². The second kappa shape index (κ2) is 8.19. The van der Waals surface area contributed by atoms with Gasteiger partial charge in [0.05, 0.1) is 27.6 Å². The van der Waals surface area contributed by atoms with E-state index in [1.165, 1.54) is 38.6 Å². The molecule has 0 aliphatic heterocycles. The van der Waals surface area contributed by atoms with Gasteiger partial charge in [-0.05, 0) is 77.9 Å². The molecule has 38 heavy (non-hydrogen) atoms. The van der Waals surface area contributed by atoms with E-state index in [4.69, 9.17) is 4.98 Å². The highest BCUT2D eigenvalue weighted by Crippen LogP contribution is 2.37. The molecule has 8 aromatic rings. The van der Waals surface area contributed by atoms with Crippen LogP contribution in [0.3, 0.4) is 0 Å². The fourth-order valence-electron chi connectivity index (χ4n) is 5.87. The summed E-state index contributed by atoms with van der Waals surface area (Å²) in [5, 5.41) is 3.68. The number of fused-ring (bicyclic) bond motifs is 6. The molecular weight excluding hydrogens is 462 g/mol. The molecule has 0 atom stereocenters. The van der Waals surface area contributed by atoms with E-state index in [-0.39, 0.29) is 0 Å². The Labute approximate surface area is 219 Å². The second-order valence-electron chi connectivity index (χ2n) is 9.69. The Balaban J connectivity index is 1.38. The maximum absolute atomic E-state index is 4.74. The number of rotatable bonds is 3. The molecule has 3 heterocycles. The Bertz CT molecular complexity index is 2120. The van der Waals surface area contributed by atoms with Gasteiger partial charge >= 0.3 is 0 Å². The van der Waals surface area contributed by atoms with Crippen LogP contribution < -0.4 is 0 Å². The average Bonchev–Trinajstić information content (AvgIpc) is 3.50. The third-order valence-corrected chi connectivity index (χ3v) is 7.56. The maximum atomic E-state index is 4.74. The summed E-state index contributed by atoms with van der Waals surface area (Å²) < 4.78 is 4.68. The van der Waals surface area contributed by atoms with E-state index in [1.807, 2.05) is 12.3 Å². The van der Waals surface area contributed by atoms with Gasteiger partial charge in [-0.2, -0.15) is 0 Å². The topological polar surface area (TPSA) is 22.8 Å². The smallest absolute Gasteiger partial charge is 0.0963 e. The monoisotopic (exact) mass is 485 g/mol. The first-order valence-corrected chi connectivity index (χ1v) is 12.9. The Morgan fingerprint density at radius 1 is 0.395 bits per heavy atom. The van der Waals surface area contributed by atoms with Gasteiger partial charge in [-0.1, -0.05) is 66.7 Å². The molecule has 0 amide bonds. The van der Waals surface area contributed by atoms with Crippen LogP contribution in [-0.4, -0.2) is 14.1 Å². The van der Waals surface area contributed by atoms with Crippen LogP contribution in [0.1, 0.15) is 0 Å². The summed E-state index contributed by atoms with van der Waals surface area (Å²) >= 11 is 0. The highest BCUT2D eigenvalue weighted by Gasteiger charge is 2.16. The van der Waals surface area contributed by atoms with Gasteiger partial charge in [0, 0.05) is 33.7 Å². The first-order chi connectivity index (χ1) is 18.9. The molecule has 0 N–H and O–H groups in total. The van der Waals surface area contributed by atoms with Gasteiger partial charge < -0.3 is 9.13 Å². The maximum Gasteiger partial charge on any atom is 0.0963 e. The van der Waals surface area contributed by atoms with Crippen molar-refractivity contribution in [2.75, 3.05) is 0 Å². The van der Waals surface area contributed by atoms with Crippen molar-refractivity contribution in [1.82, 2.24) is 14.1 Å². The first-order valence-electron chi connectivity index (χ1n) is 12.9. The van der Waals surface area contributed by atoms with Crippen molar-refractivity contribution in [3.05, 3.63) is 140 Å². The van der Waals surface area contributed by atoms with Crippen LogP contribution in [0.25, 0.3) is 66.2 Å². The lowest BCUT2D eigenvalue weighted by Crippen LogP contribution is -1.93.